The number of aromatic nitrogens is 3. The smallest absolute Gasteiger partial charge is 0.238 e. The van der Waals surface area contributed by atoms with E-state index in [-0.39, 0.29) is 5.69 Å². The lowest BCUT2D eigenvalue weighted by Crippen LogP contribution is -2.01. The molecule has 2 N–H and O–H groups in total. The number of hydrogen-bond acceptors (Lipinski definition) is 3. The van der Waals surface area contributed by atoms with Gasteiger partial charge in [-0.15, -0.1) is 0 Å². The average molecular weight is 227 g/mol. The van der Waals surface area contributed by atoms with Crippen LogP contribution in [0.3, 0.4) is 0 Å². The maximum atomic E-state index is 13.3. The molecule has 0 aliphatic heterocycles. The molecule has 0 radical (unpaired) electrons. The van der Waals surface area contributed by atoms with Crippen molar-refractivity contribution in [2.75, 3.05) is 5.73 Å². The maximum Gasteiger partial charge on any atom is 0.238 e. The van der Waals surface area contributed by atoms with Crippen LogP contribution in [-0.4, -0.2) is 14.8 Å². The molecule has 6 heteroatoms. The second-order valence-corrected chi connectivity index (χ2v) is 3.54. The standard InChI is InChI=1S/C9H8ClFN4/c1-5-4-15(14-9(5)12)7-2-6(10)3-13-8(7)11/h2-4H,1H3,(H2,12,14). The van der Waals surface area contributed by atoms with Crippen LogP contribution in [0.15, 0.2) is 18.5 Å². The highest BCUT2D eigenvalue weighted by Gasteiger charge is 2.09. The van der Waals surface area contributed by atoms with E-state index in [2.05, 4.69) is 10.1 Å². The Morgan fingerprint density at radius 2 is 2.27 bits per heavy atom. The molecule has 0 bridgehead atoms. The minimum Gasteiger partial charge on any atom is -0.382 e. The summed E-state index contributed by atoms with van der Waals surface area (Å²) in [5, 5.41) is 4.28. The van der Waals surface area contributed by atoms with Crippen molar-refractivity contribution in [2.45, 2.75) is 6.92 Å². The second kappa shape index (κ2) is 3.51. The molecule has 0 atom stereocenters. The summed E-state index contributed by atoms with van der Waals surface area (Å²) < 4.78 is 14.6. The second-order valence-electron chi connectivity index (χ2n) is 3.11. The fraction of sp³-hybridized carbons (Fsp3) is 0.111. The lowest BCUT2D eigenvalue weighted by atomic mass is 10.4. The Balaban J connectivity index is 2.58. The van der Waals surface area contributed by atoms with E-state index < -0.39 is 5.95 Å². The van der Waals surface area contributed by atoms with E-state index in [0.29, 0.717) is 10.8 Å². The van der Waals surface area contributed by atoms with Crippen LogP contribution in [0, 0.1) is 12.9 Å². The van der Waals surface area contributed by atoms with Gasteiger partial charge in [-0.05, 0) is 13.0 Å². The Kier molecular flexibility index (Phi) is 2.32. The van der Waals surface area contributed by atoms with E-state index in [4.69, 9.17) is 17.3 Å². The first-order chi connectivity index (χ1) is 7.08. The lowest BCUT2D eigenvalue weighted by molar-refractivity contribution is 0.569. The molecule has 0 fully saturated rings. The van der Waals surface area contributed by atoms with Crippen LogP contribution in [0.25, 0.3) is 5.69 Å². The highest BCUT2D eigenvalue weighted by atomic mass is 35.5. The van der Waals surface area contributed by atoms with E-state index in [1.54, 1.807) is 13.1 Å². The summed E-state index contributed by atoms with van der Waals surface area (Å²) in [5.74, 6) is -0.281. The number of aryl methyl sites for hydroxylation is 1. The van der Waals surface area contributed by atoms with Crippen LogP contribution in [0.4, 0.5) is 10.2 Å². The summed E-state index contributed by atoms with van der Waals surface area (Å²) in [4.78, 5) is 3.49. The summed E-state index contributed by atoms with van der Waals surface area (Å²) >= 11 is 5.71. The van der Waals surface area contributed by atoms with E-state index in [1.165, 1.54) is 16.9 Å². The molecule has 2 heterocycles. The molecular formula is C9H8ClFN4. The number of nitrogens with zero attached hydrogens (tertiary/aromatic N) is 3. The first-order valence-corrected chi connectivity index (χ1v) is 4.59. The summed E-state index contributed by atoms with van der Waals surface area (Å²) in [6.07, 6.45) is 2.85. The molecule has 2 aromatic heterocycles. The molecule has 0 saturated heterocycles. The zero-order valence-electron chi connectivity index (χ0n) is 7.91. The number of anilines is 1. The average Bonchev–Trinajstić information content (AvgIpc) is 2.51. The van der Waals surface area contributed by atoms with Crippen LogP contribution in [0.1, 0.15) is 5.56 Å². The third kappa shape index (κ3) is 1.78. The van der Waals surface area contributed by atoms with Crippen molar-refractivity contribution in [1.29, 1.82) is 0 Å². The van der Waals surface area contributed by atoms with Gasteiger partial charge in [-0.3, -0.25) is 0 Å². The van der Waals surface area contributed by atoms with Crippen LogP contribution >= 0.6 is 11.6 Å². The minimum absolute atomic E-state index is 0.183. The Hall–Kier alpha value is -1.62. The topological polar surface area (TPSA) is 56.7 Å². The molecule has 0 aliphatic carbocycles. The zero-order chi connectivity index (χ0) is 11.0. The quantitative estimate of drug-likeness (QED) is 0.757. The van der Waals surface area contributed by atoms with E-state index in [9.17, 15) is 4.39 Å². The van der Waals surface area contributed by atoms with Gasteiger partial charge in [0.1, 0.15) is 11.5 Å². The zero-order valence-corrected chi connectivity index (χ0v) is 8.66. The van der Waals surface area contributed by atoms with Gasteiger partial charge in [0.15, 0.2) is 0 Å². The minimum atomic E-state index is -0.637. The molecule has 2 rings (SSSR count). The van der Waals surface area contributed by atoms with Gasteiger partial charge in [0, 0.05) is 18.0 Å². The monoisotopic (exact) mass is 226 g/mol. The normalized spacial score (nSPS) is 10.6. The van der Waals surface area contributed by atoms with Crippen molar-refractivity contribution in [3.8, 4) is 5.69 Å². The van der Waals surface area contributed by atoms with Gasteiger partial charge in [0.05, 0.1) is 5.02 Å². The molecule has 2 aromatic rings. The summed E-state index contributed by atoms with van der Waals surface area (Å²) in [5.41, 5.74) is 6.51. The van der Waals surface area contributed by atoms with Gasteiger partial charge in [-0.1, -0.05) is 11.6 Å². The molecule has 0 spiro atoms. The molecule has 0 amide bonds. The molecule has 0 unspecified atom stereocenters. The molecule has 0 aromatic carbocycles. The molecule has 0 saturated carbocycles. The van der Waals surface area contributed by atoms with Crippen molar-refractivity contribution in [2.24, 2.45) is 0 Å². The maximum absolute atomic E-state index is 13.3. The third-order valence-electron chi connectivity index (χ3n) is 1.97. The fourth-order valence-corrected chi connectivity index (χ4v) is 1.32. The largest absolute Gasteiger partial charge is 0.382 e. The number of nitrogen functional groups attached to an aromatic ring is 1. The summed E-state index contributed by atoms with van der Waals surface area (Å²) in [6, 6.07) is 1.44. The van der Waals surface area contributed by atoms with Crippen molar-refractivity contribution in [3.63, 3.8) is 0 Å². The van der Waals surface area contributed by atoms with Gasteiger partial charge in [-0.2, -0.15) is 9.49 Å². The number of hydrogen-bond donors (Lipinski definition) is 1. The lowest BCUT2D eigenvalue weighted by Gasteiger charge is -2.01. The predicted octanol–water partition coefficient (Wildman–Crippen LogP) is 1.95. The van der Waals surface area contributed by atoms with Gasteiger partial charge < -0.3 is 5.73 Å². The number of rotatable bonds is 1. The number of pyridine rings is 1. The van der Waals surface area contributed by atoms with Crippen LogP contribution in [0.5, 0.6) is 0 Å². The fourth-order valence-electron chi connectivity index (χ4n) is 1.17. The Bertz CT molecular complexity index is 489. The molecular weight excluding hydrogens is 219 g/mol. The van der Waals surface area contributed by atoms with Crippen molar-refractivity contribution >= 4 is 17.4 Å². The molecule has 78 valence electrons. The predicted molar refractivity (Wildman–Crippen MR) is 55.5 cm³/mol. The van der Waals surface area contributed by atoms with Gasteiger partial charge in [0.2, 0.25) is 5.95 Å². The SMILES string of the molecule is Cc1cn(-c2cc(Cl)cnc2F)nc1N. The van der Waals surface area contributed by atoms with E-state index in [0.717, 1.165) is 5.56 Å². The Labute approximate surface area is 90.5 Å². The van der Waals surface area contributed by atoms with Gasteiger partial charge in [-0.25, -0.2) is 9.67 Å². The Morgan fingerprint density at radius 1 is 1.53 bits per heavy atom. The Morgan fingerprint density at radius 3 is 2.87 bits per heavy atom. The highest BCUT2D eigenvalue weighted by Crippen LogP contribution is 2.18. The highest BCUT2D eigenvalue weighted by molar-refractivity contribution is 6.30. The number of nitrogens with two attached hydrogens (primary N) is 1. The third-order valence-corrected chi connectivity index (χ3v) is 2.18. The summed E-state index contributed by atoms with van der Waals surface area (Å²) in [6.45, 7) is 1.79. The van der Waals surface area contributed by atoms with E-state index in [1.807, 2.05) is 0 Å². The van der Waals surface area contributed by atoms with Gasteiger partial charge in [0.25, 0.3) is 0 Å². The molecule has 15 heavy (non-hydrogen) atoms. The van der Waals surface area contributed by atoms with Crippen molar-refractivity contribution in [1.82, 2.24) is 14.8 Å². The van der Waals surface area contributed by atoms with Gasteiger partial charge >= 0.3 is 0 Å². The van der Waals surface area contributed by atoms with E-state index >= 15 is 0 Å². The summed E-state index contributed by atoms with van der Waals surface area (Å²) in [7, 11) is 0. The van der Waals surface area contributed by atoms with Crippen molar-refractivity contribution in [3.05, 3.63) is 35.0 Å². The molecule has 4 nitrogen and oxygen atoms in total. The first-order valence-electron chi connectivity index (χ1n) is 4.21. The van der Waals surface area contributed by atoms with Crippen LogP contribution in [0.2, 0.25) is 5.02 Å². The van der Waals surface area contributed by atoms with Crippen molar-refractivity contribution < 1.29 is 4.39 Å². The van der Waals surface area contributed by atoms with Crippen LogP contribution < -0.4 is 5.73 Å². The molecule has 0 aliphatic rings. The first kappa shape index (κ1) is 9.92. The number of halogens is 2. The van der Waals surface area contributed by atoms with Crippen LogP contribution in [-0.2, 0) is 0 Å².